The van der Waals surface area contributed by atoms with Crippen LogP contribution in [0.2, 0.25) is 0 Å². The van der Waals surface area contributed by atoms with E-state index >= 15 is 0 Å². The fraction of sp³-hybridized carbons (Fsp3) is 0.233. The quantitative estimate of drug-likeness (QED) is 0.302. The van der Waals surface area contributed by atoms with E-state index < -0.39 is 17.2 Å². The van der Waals surface area contributed by atoms with Gasteiger partial charge in [-0.15, -0.1) is 0 Å². The molecule has 0 unspecified atom stereocenters. The second-order valence-electron chi connectivity index (χ2n) is 9.62. The highest BCUT2D eigenvalue weighted by Gasteiger charge is 2.42. The average Bonchev–Trinajstić information content (AvgIpc) is 3.45. The Hall–Kier alpha value is -4.50. The van der Waals surface area contributed by atoms with Crippen LogP contribution in [-0.2, 0) is 21.6 Å². The second kappa shape index (κ2) is 9.99. The van der Waals surface area contributed by atoms with Crippen molar-refractivity contribution < 1.29 is 28.5 Å². The number of pyridine rings is 2. The molecular weight excluding hydrogens is 501 g/mol. The lowest BCUT2D eigenvalue weighted by Gasteiger charge is -2.33. The van der Waals surface area contributed by atoms with Crippen molar-refractivity contribution in [3.63, 3.8) is 0 Å². The van der Waals surface area contributed by atoms with Gasteiger partial charge >= 0.3 is 5.97 Å². The fourth-order valence-corrected chi connectivity index (χ4v) is 5.26. The van der Waals surface area contributed by atoms with E-state index in [0.717, 1.165) is 33.2 Å². The summed E-state index contributed by atoms with van der Waals surface area (Å²) in [5.41, 5.74) is 3.71. The lowest BCUT2D eigenvalue weighted by atomic mass is 9.74. The summed E-state index contributed by atoms with van der Waals surface area (Å²) in [5, 5.41) is 11.0. The van der Waals surface area contributed by atoms with Crippen LogP contribution in [0.1, 0.15) is 24.0 Å². The van der Waals surface area contributed by atoms with Gasteiger partial charge in [-0.3, -0.25) is 9.20 Å². The number of imidazole rings is 1. The third kappa shape index (κ3) is 4.55. The minimum atomic E-state index is -1.19. The maximum absolute atomic E-state index is 14.6. The van der Waals surface area contributed by atoms with Gasteiger partial charge in [0.1, 0.15) is 23.8 Å². The first-order valence-electron chi connectivity index (χ1n) is 12.6. The maximum Gasteiger partial charge on any atom is 0.314 e. The lowest BCUT2D eigenvalue weighted by molar-refractivity contribution is -0.147. The molecule has 0 atom stereocenters. The third-order valence-electron chi connectivity index (χ3n) is 7.40. The number of carbonyl (C=O) groups is 1. The molecule has 0 saturated carbocycles. The number of benzene rings is 2. The van der Waals surface area contributed by atoms with Crippen LogP contribution >= 0.6 is 0 Å². The molecule has 39 heavy (non-hydrogen) atoms. The zero-order valence-electron chi connectivity index (χ0n) is 21.3. The maximum atomic E-state index is 14.6. The number of hydrogen-bond donors (Lipinski definition) is 1. The monoisotopic (exact) mass is 527 g/mol. The molecule has 2 aromatic carbocycles. The number of methoxy groups -OCH3 is 1. The van der Waals surface area contributed by atoms with E-state index in [1.54, 1.807) is 25.6 Å². The van der Waals surface area contributed by atoms with Crippen LogP contribution in [0, 0.1) is 5.82 Å². The molecular formula is C30H26FN3O5. The summed E-state index contributed by atoms with van der Waals surface area (Å²) < 4.78 is 33.2. The van der Waals surface area contributed by atoms with Gasteiger partial charge in [-0.05, 0) is 59.9 Å². The Balaban J connectivity index is 1.33. The van der Waals surface area contributed by atoms with E-state index in [1.807, 2.05) is 47.0 Å². The van der Waals surface area contributed by atoms with E-state index in [0.29, 0.717) is 24.7 Å². The van der Waals surface area contributed by atoms with Crippen molar-refractivity contribution >= 4 is 22.5 Å². The van der Waals surface area contributed by atoms with Gasteiger partial charge in [0.2, 0.25) is 5.88 Å². The summed E-state index contributed by atoms with van der Waals surface area (Å²) in [6, 6.07) is 16.0. The van der Waals surface area contributed by atoms with E-state index in [2.05, 4.69) is 9.97 Å². The van der Waals surface area contributed by atoms with Crippen LogP contribution in [0.25, 0.3) is 27.7 Å². The Morgan fingerprint density at radius 3 is 2.69 bits per heavy atom. The average molecular weight is 528 g/mol. The van der Waals surface area contributed by atoms with Gasteiger partial charge in [0.15, 0.2) is 0 Å². The highest BCUT2D eigenvalue weighted by molar-refractivity contribution is 5.97. The van der Waals surface area contributed by atoms with Crippen molar-refractivity contribution in [3.05, 3.63) is 90.1 Å². The topological polar surface area (TPSA) is 95.2 Å². The first-order chi connectivity index (χ1) is 19.0. The van der Waals surface area contributed by atoms with Gasteiger partial charge in [0.05, 0.1) is 18.0 Å². The molecule has 8 nitrogen and oxygen atoms in total. The molecule has 6 rings (SSSR count). The molecule has 1 aliphatic heterocycles. The Bertz CT molecular complexity index is 1680. The lowest BCUT2D eigenvalue weighted by Crippen LogP contribution is -2.41. The number of carboxylic acid groups (broad SMARTS) is 1. The zero-order valence-corrected chi connectivity index (χ0v) is 21.3. The summed E-state index contributed by atoms with van der Waals surface area (Å²) in [5.74, 6) is -0.700. The van der Waals surface area contributed by atoms with Crippen LogP contribution in [0.5, 0.6) is 11.6 Å². The molecule has 0 amide bonds. The Labute approximate surface area is 223 Å². The summed E-state index contributed by atoms with van der Waals surface area (Å²) in [6.07, 6.45) is 5.98. The number of aliphatic carboxylic acids is 1. The van der Waals surface area contributed by atoms with Crippen molar-refractivity contribution in [1.29, 1.82) is 0 Å². The number of carboxylic acids is 1. The molecule has 3 aromatic heterocycles. The summed E-state index contributed by atoms with van der Waals surface area (Å²) >= 11 is 0. The largest absolute Gasteiger partial charge is 0.489 e. The van der Waals surface area contributed by atoms with Gasteiger partial charge in [-0.1, -0.05) is 12.1 Å². The number of aromatic nitrogens is 3. The first kappa shape index (κ1) is 24.8. The van der Waals surface area contributed by atoms with E-state index in [1.165, 1.54) is 12.1 Å². The van der Waals surface area contributed by atoms with Gasteiger partial charge in [-0.2, -0.15) is 0 Å². The molecule has 0 radical (unpaired) electrons. The number of fused-ring (bicyclic) bond motifs is 3. The molecule has 1 aliphatic rings. The van der Waals surface area contributed by atoms with Crippen molar-refractivity contribution in [2.24, 2.45) is 0 Å². The Kier molecular flexibility index (Phi) is 6.36. The molecule has 0 aliphatic carbocycles. The summed E-state index contributed by atoms with van der Waals surface area (Å²) in [4.78, 5) is 21.0. The van der Waals surface area contributed by atoms with E-state index in [4.69, 9.17) is 14.2 Å². The molecule has 1 saturated heterocycles. The Morgan fingerprint density at radius 2 is 1.95 bits per heavy atom. The summed E-state index contributed by atoms with van der Waals surface area (Å²) in [6.45, 7) is 0.799. The van der Waals surface area contributed by atoms with Crippen molar-refractivity contribution in [2.75, 3.05) is 20.3 Å². The van der Waals surface area contributed by atoms with Crippen LogP contribution < -0.4 is 9.47 Å². The normalized spacial score (nSPS) is 14.9. The van der Waals surface area contributed by atoms with Gasteiger partial charge in [-0.25, -0.2) is 14.4 Å². The van der Waals surface area contributed by atoms with Crippen LogP contribution in [-0.4, -0.2) is 45.8 Å². The fourth-order valence-electron chi connectivity index (χ4n) is 5.26. The second-order valence-corrected chi connectivity index (χ2v) is 9.62. The smallest absolute Gasteiger partial charge is 0.314 e. The van der Waals surface area contributed by atoms with Crippen LogP contribution in [0.3, 0.4) is 0 Å². The van der Waals surface area contributed by atoms with Gasteiger partial charge in [0, 0.05) is 54.9 Å². The number of hydrogen-bond acceptors (Lipinski definition) is 6. The number of rotatable bonds is 7. The molecule has 0 bridgehead atoms. The number of ether oxygens (including phenoxy) is 3. The Morgan fingerprint density at radius 1 is 1.10 bits per heavy atom. The zero-order chi connectivity index (χ0) is 27.0. The minimum Gasteiger partial charge on any atom is -0.489 e. The van der Waals surface area contributed by atoms with E-state index in [-0.39, 0.29) is 25.2 Å². The number of nitrogens with zero attached hydrogens (tertiary/aromatic N) is 3. The third-order valence-corrected chi connectivity index (χ3v) is 7.40. The standard InChI is InChI=1S/C30H26FN3O5/c1-37-28-5-3-20(17-33-28)25-16-27-32-8-9-34(27)26-12-19(2-4-24(25)26)18-39-23-14-21(13-22(31)15-23)30(29(35)36)6-10-38-11-7-30/h2-5,8-9,12-17H,6-7,10-11,18H2,1H3,(H,35,36). The van der Waals surface area contributed by atoms with Crippen LogP contribution in [0.15, 0.2) is 73.2 Å². The molecule has 9 heteroatoms. The predicted octanol–water partition coefficient (Wildman–Crippen LogP) is 5.41. The van der Waals surface area contributed by atoms with E-state index in [9.17, 15) is 14.3 Å². The van der Waals surface area contributed by atoms with Crippen molar-refractivity contribution in [1.82, 2.24) is 14.4 Å². The summed E-state index contributed by atoms with van der Waals surface area (Å²) in [7, 11) is 1.58. The molecule has 198 valence electrons. The SMILES string of the molecule is COc1ccc(-c2cc3nccn3c3cc(COc4cc(F)cc(C5(C(=O)O)CCOCC5)c4)ccc23)cn1. The molecule has 1 fully saturated rings. The highest BCUT2D eigenvalue weighted by Crippen LogP contribution is 2.38. The van der Waals surface area contributed by atoms with Crippen molar-refractivity contribution in [3.8, 4) is 22.8 Å². The minimum absolute atomic E-state index is 0.173. The highest BCUT2D eigenvalue weighted by atomic mass is 19.1. The first-order valence-corrected chi connectivity index (χ1v) is 12.6. The predicted molar refractivity (Wildman–Crippen MR) is 143 cm³/mol. The van der Waals surface area contributed by atoms with Crippen molar-refractivity contribution in [2.45, 2.75) is 24.9 Å². The van der Waals surface area contributed by atoms with Gasteiger partial charge < -0.3 is 19.3 Å². The molecule has 4 heterocycles. The molecule has 5 aromatic rings. The van der Waals surface area contributed by atoms with Gasteiger partial charge in [0.25, 0.3) is 0 Å². The van der Waals surface area contributed by atoms with Crippen LogP contribution in [0.4, 0.5) is 4.39 Å². The number of halogens is 1. The molecule has 0 spiro atoms. The molecule has 1 N–H and O–H groups in total.